The van der Waals surface area contributed by atoms with Gasteiger partial charge < -0.3 is 20.1 Å². The van der Waals surface area contributed by atoms with Gasteiger partial charge in [-0.05, 0) is 38.1 Å². The van der Waals surface area contributed by atoms with Gasteiger partial charge in [-0.15, -0.1) is 4.91 Å². The number of ether oxygens (including phenoxy) is 2. The van der Waals surface area contributed by atoms with Crippen LogP contribution in [0.2, 0.25) is 5.02 Å². The van der Waals surface area contributed by atoms with Crippen LogP contribution < -0.4 is 15.4 Å². The highest BCUT2D eigenvalue weighted by Gasteiger charge is 2.27. The van der Waals surface area contributed by atoms with E-state index in [2.05, 4.69) is 37.3 Å². The van der Waals surface area contributed by atoms with Crippen LogP contribution in [0.4, 0.5) is 21.6 Å². The first-order chi connectivity index (χ1) is 18.2. The van der Waals surface area contributed by atoms with E-state index in [9.17, 15) is 14.1 Å². The lowest BCUT2D eigenvalue weighted by Crippen LogP contribution is -2.38. The summed E-state index contributed by atoms with van der Waals surface area (Å²) in [5.41, 5.74) is 0.326. The number of aromatic nitrogens is 2. The highest BCUT2D eigenvalue weighted by atomic mass is 35.5. The molecule has 1 aliphatic heterocycles. The summed E-state index contributed by atoms with van der Waals surface area (Å²) < 4.78 is 25.7. The van der Waals surface area contributed by atoms with Crippen LogP contribution in [-0.2, 0) is 15.1 Å². The van der Waals surface area contributed by atoms with E-state index in [1.165, 1.54) is 18.5 Å². The zero-order valence-electron chi connectivity index (χ0n) is 21.1. The van der Waals surface area contributed by atoms with Gasteiger partial charge in [-0.3, -0.25) is 9.69 Å². The molecule has 0 radical (unpaired) electrons. The zero-order valence-corrected chi connectivity index (χ0v) is 21.8. The van der Waals surface area contributed by atoms with E-state index >= 15 is 0 Å². The third-order valence-corrected chi connectivity index (χ3v) is 6.44. The Morgan fingerprint density at radius 3 is 2.74 bits per heavy atom. The van der Waals surface area contributed by atoms with Crippen molar-refractivity contribution >= 4 is 45.6 Å². The summed E-state index contributed by atoms with van der Waals surface area (Å²) in [6, 6.07) is 5.93. The number of carbonyl (C=O) groups is 1. The minimum Gasteiger partial charge on any atom is -0.490 e. The number of hydrogen-bond donors (Lipinski definition) is 2. The lowest BCUT2D eigenvalue weighted by molar-refractivity contribution is -0.111. The molecule has 2 aromatic carbocycles. The molecule has 2 heterocycles. The lowest BCUT2D eigenvalue weighted by Gasteiger charge is -2.26. The smallest absolute Gasteiger partial charge is 0.247 e. The van der Waals surface area contributed by atoms with Crippen LogP contribution in [0.3, 0.4) is 0 Å². The first-order valence-corrected chi connectivity index (χ1v) is 12.4. The molecule has 1 saturated heterocycles. The fourth-order valence-electron chi connectivity index (χ4n) is 4.03. The molecular weight excluding hydrogens is 515 g/mol. The third kappa shape index (κ3) is 6.24. The molecular formula is C26H28ClFN6O4. The van der Waals surface area contributed by atoms with Crippen molar-refractivity contribution in [3.63, 3.8) is 0 Å². The summed E-state index contributed by atoms with van der Waals surface area (Å²) in [5.74, 6) is -0.318. The van der Waals surface area contributed by atoms with E-state index in [-0.39, 0.29) is 5.02 Å². The quantitative estimate of drug-likeness (QED) is 0.271. The van der Waals surface area contributed by atoms with Crippen LogP contribution in [0, 0.1) is 10.7 Å². The molecule has 4 rings (SSSR count). The normalized spacial score (nSPS) is 14.2. The van der Waals surface area contributed by atoms with Gasteiger partial charge in [-0.2, -0.15) is 0 Å². The molecule has 1 aromatic heterocycles. The number of nitrogens with one attached hydrogen (secondary N) is 2. The first-order valence-electron chi connectivity index (χ1n) is 12.0. The van der Waals surface area contributed by atoms with E-state index in [0.29, 0.717) is 65.8 Å². The molecule has 12 heteroatoms. The fourth-order valence-corrected chi connectivity index (χ4v) is 4.19. The van der Waals surface area contributed by atoms with Crippen LogP contribution >= 0.6 is 11.6 Å². The molecule has 200 valence electrons. The topological polar surface area (TPSA) is 118 Å². The van der Waals surface area contributed by atoms with Gasteiger partial charge in [-0.1, -0.05) is 23.4 Å². The fraction of sp³-hybridized carbons (Fsp3) is 0.346. The average molecular weight is 543 g/mol. The maximum absolute atomic E-state index is 14.3. The van der Waals surface area contributed by atoms with Crippen molar-refractivity contribution in [1.82, 2.24) is 14.9 Å². The predicted octanol–water partition coefficient (Wildman–Crippen LogP) is 5.00. The number of halogens is 2. The predicted molar refractivity (Wildman–Crippen MR) is 145 cm³/mol. The molecule has 0 atom stereocenters. The molecule has 0 bridgehead atoms. The third-order valence-electron chi connectivity index (χ3n) is 6.15. The van der Waals surface area contributed by atoms with Crippen molar-refractivity contribution in [2.75, 3.05) is 50.1 Å². The van der Waals surface area contributed by atoms with Crippen molar-refractivity contribution in [2.45, 2.75) is 19.4 Å². The van der Waals surface area contributed by atoms with Crippen molar-refractivity contribution in [1.29, 1.82) is 0 Å². The molecule has 0 saturated carbocycles. The second-order valence-electron chi connectivity index (χ2n) is 9.17. The van der Waals surface area contributed by atoms with E-state index in [1.54, 1.807) is 26.0 Å². The Labute approximate surface area is 224 Å². The largest absolute Gasteiger partial charge is 0.490 e. The number of amides is 1. The monoisotopic (exact) mass is 542 g/mol. The summed E-state index contributed by atoms with van der Waals surface area (Å²) in [6.07, 6.45) is 2.52. The standard InChI is InChI=1S/C26H28ClFN6O4/c1-4-24(35)31-22-11-16-20(14-23(22)38-10-7-34-5-8-37-9-6-34)29-15-30-25(16)32-21-13-18(27)19(28)12-17(21)26(2,3)33-36/h4,11-15H,1,5-10H2,2-3H3,(H,31,35)(H,29,30,32). The Morgan fingerprint density at radius 1 is 1.26 bits per heavy atom. The molecule has 1 fully saturated rings. The zero-order chi connectivity index (χ0) is 27.3. The second kappa shape index (κ2) is 11.8. The number of carbonyl (C=O) groups excluding carboxylic acids is 1. The minimum atomic E-state index is -1.25. The van der Waals surface area contributed by atoms with Gasteiger partial charge in [0.05, 0.1) is 29.4 Å². The van der Waals surface area contributed by atoms with Gasteiger partial charge in [0.15, 0.2) is 0 Å². The highest BCUT2D eigenvalue weighted by molar-refractivity contribution is 6.31. The van der Waals surface area contributed by atoms with E-state index < -0.39 is 17.3 Å². The van der Waals surface area contributed by atoms with Crippen molar-refractivity contribution < 1.29 is 18.7 Å². The van der Waals surface area contributed by atoms with E-state index in [0.717, 1.165) is 19.2 Å². The Kier molecular flexibility index (Phi) is 8.50. The number of morpholine rings is 1. The minimum absolute atomic E-state index is 0.133. The maximum atomic E-state index is 14.3. The number of hydrogen-bond acceptors (Lipinski definition) is 9. The second-order valence-corrected chi connectivity index (χ2v) is 9.58. The van der Waals surface area contributed by atoms with Crippen molar-refractivity contribution in [3.05, 3.63) is 64.6 Å². The molecule has 0 unspecified atom stereocenters. The van der Waals surface area contributed by atoms with Crippen LogP contribution in [0.5, 0.6) is 5.75 Å². The van der Waals surface area contributed by atoms with Crippen LogP contribution in [-0.4, -0.2) is 60.2 Å². The average Bonchev–Trinajstić information content (AvgIpc) is 2.91. The van der Waals surface area contributed by atoms with Gasteiger partial charge >= 0.3 is 0 Å². The van der Waals surface area contributed by atoms with Gasteiger partial charge in [0, 0.05) is 42.3 Å². The molecule has 10 nitrogen and oxygen atoms in total. The molecule has 1 amide bonds. The summed E-state index contributed by atoms with van der Waals surface area (Å²) in [5, 5.41) is 9.44. The van der Waals surface area contributed by atoms with E-state index in [1.807, 2.05) is 0 Å². The van der Waals surface area contributed by atoms with Gasteiger partial charge in [0.1, 0.15) is 35.9 Å². The van der Waals surface area contributed by atoms with Gasteiger partial charge in [0.2, 0.25) is 5.91 Å². The summed E-state index contributed by atoms with van der Waals surface area (Å²) in [4.78, 5) is 34.6. The van der Waals surface area contributed by atoms with Crippen LogP contribution in [0.25, 0.3) is 10.9 Å². The van der Waals surface area contributed by atoms with Crippen molar-refractivity contribution in [2.24, 2.45) is 5.18 Å². The summed E-state index contributed by atoms with van der Waals surface area (Å²) >= 11 is 6.05. The number of nitrogens with zero attached hydrogens (tertiary/aromatic N) is 4. The molecule has 0 spiro atoms. The Morgan fingerprint density at radius 2 is 2.03 bits per heavy atom. The first kappa shape index (κ1) is 27.4. The lowest BCUT2D eigenvalue weighted by atomic mass is 9.93. The van der Waals surface area contributed by atoms with Gasteiger partial charge in [-0.25, -0.2) is 14.4 Å². The Hall–Kier alpha value is -3.67. The summed E-state index contributed by atoms with van der Waals surface area (Å²) in [7, 11) is 0. The number of fused-ring (bicyclic) bond motifs is 1. The SMILES string of the molecule is C=CC(=O)Nc1cc2c(Nc3cc(Cl)c(F)cc3C(C)(C)N=O)ncnc2cc1OCCN1CCOCC1. The summed E-state index contributed by atoms with van der Waals surface area (Å²) in [6.45, 7) is 10.8. The van der Waals surface area contributed by atoms with Crippen molar-refractivity contribution in [3.8, 4) is 5.75 Å². The van der Waals surface area contributed by atoms with Crippen LogP contribution in [0.15, 0.2) is 48.4 Å². The van der Waals surface area contributed by atoms with Gasteiger partial charge in [0.25, 0.3) is 0 Å². The Balaban J connectivity index is 1.70. The molecule has 0 aliphatic carbocycles. The maximum Gasteiger partial charge on any atom is 0.247 e. The highest BCUT2D eigenvalue weighted by Crippen LogP contribution is 2.38. The Bertz CT molecular complexity index is 1360. The number of benzene rings is 2. The number of rotatable bonds is 10. The molecule has 1 aliphatic rings. The van der Waals surface area contributed by atoms with Crippen LogP contribution in [0.1, 0.15) is 19.4 Å². The molecule has 3 aromatic rings. The number of nitroso groups, excluding NO2 is 1. The number of anilines is 3. The molecule has 38 heavy (non-hydrogen) atoms. The molecule has 2 N–H and O–H groups in total. The van der Waals surface area contributed by atoms with E-state index in [4.69, 9.17) is 21.1 Å².